The first kappa shape index (κ1) is 18.7. The molecule has 0 aliphatic rings. The zero-order chi connectivity index (χ0) is 17.6. The second-order valence-electron chi connectivity index (χ2n) is 4.73. The molecule has 1 aromatic heterocycles. The van der Waals surface area contributed by atoms with E-state index in [1.54, 1.807) is 25.3 Å². The van der Waals surface area contributed by atoms with Crippen LogP contribution in [0.15, 0.2) is 0 Å². The predicted molar refractivity (Wildman–Crippen MR) is 82.5 cm³/mol. The molecule has 0 N–H and O–H groups in total. The number of ether oxygens (including phenoxy) is 3. The van der Waals surface area contributed by atoms with Gasteiger partial charge in [-0.1, -0.05) is 0 Å². The lowest BCUT2D eigenvalue weighted by Gasteiger charge is -2.09. The number of hydrogen-bond donors (Lipinski definition) is 0. The molecule has 7 nitrogen and oxygen atoms in total. The van der Waals surface area contributed by atoms with Crippen LogP contribution in [0.4, 0.5) is 0 Å². The molecule has 23 heavy (non-hydrogen) atoms. The zero-order valence-corrected chi connectivity index (χ0v) is 14.2. The summed E-state index contributed by atoms with van der Waals surface area (Å²) in [6, 6.07) is 0. The Morgan fingerprint density at radius 3 is 2.09 bits per heavy atom. The van der Waals surface area contributed by atoms with E-state index in [1.807, 2.05) is 6.92 Å². The van der Waals surface area contributed by atoms with E-state index in [0.717, 1.165) is 0 Å². The monoisotopic (exact) mass is 325 g/mol. The van der Waals surface area contributed by atoms with Gasteiger partial charge in [0.1, 0.15) is 5.69 Å². The predicted octanol–water partition coefficient (Wildman–Crippen LogP) is 1.89. The highest BCUT2D eigenvalue weighted by Gasteiger charge is 2.31. The summed E-state index contributed by atoms with van der Waals surface area (Å²) in [6.45, 7) is 7.78. The summed E-state index contributed by atoms with van der Waals surface area (Å²) in [5.41, 5.74) is 1.25. The van der Waals surface area contributed by atoms with Crippen LogP contribution in [0, 0.1) is 6.92 Å². The largest absolute Gasteiger partial charge is 0.466 e. The molecular formula is C16H23NO6. The highest BCUT2D eigenvalue weighted by Crippen LogP contribution is 2.26. The van der Waals surface area contributed by atoms with Crippen molar-refractivity contribution in [3.05, 3.63) is 22.5 Å². The van der Waals surface area contributed by atoms with Crippen LogP contribution in [0.25, 0.3) is 0 Å². The molecule has 0 radical (unpaired) electrons. The second-order valence-corrected chi connectivity index (χ2v) is 4.73. The van der Waals surface area contributed by atoms with Crippen molar-refractivity contribution in [3.8, 4) is 0 Å². The van der Waals surface area contributed by atoms with Crippen LogP contribution in [0.3, 0.4) is 0 Å². The van der Waals surface area contributed by atoms with Crippen molar-refractivity contribution in [3.63, 3.8) is 0 Å². The standard InChI is InChI=1S/C16H23NO6/c1-6-17-10(4)13(15(19)21-5)11(9-12(18)22-7-2)14(17)16(20)23-8-3/h6-9H2,1-5H3. The molecule has 0 bridgehead atoms. The van der Waals surface area contributed by atoms with E-state index >= 15 is 0 Å². The van der Waals surface area contributed by atoms with E-state index in [-0.39, 0.29) is 36.5 Å². The molecule has 7 heteroatoms. The molecule has 0 spiro atoms. The number of aromatic nitrogens is 1. The number of nitrogens with zero attached hydrogens (tertiary/aromatic N) is 1. The van der Waals surface area contributed by atoms with Gasteiger partial charge in [0.15, 0.2) is 0 Å². The lowest BCUT2D eigenvalue weighted by molar-refractivity contribution is -0.142. The summed E-state index contributed by atoms with van der Waals surface area (Å²) in [5.74, 6) is -1.69. The van der Waals surface area contributed by atoms with Crippen molar-refractivity contribution < 1.29 is 28.6 Å². The maximum absolute atomic E-state index is 12.3. The summed E-state index contributed by atoms with van der Waals surface area (Å²) >= 11 is 0. The van der Waals surface area contributed by atoms with E-state index in [4.69, 9.17) is 14.2 Å². The molecule has 0 fully saturated rings. The van der Waals surface area contributed by atoms with Gasteiger partial charge in [0.25, 0.3) is 0 Å². The Balaban J connectivity index is 3.53. The summed E-state index contributed by atoms with van der Waals surface area (Å²) in [5, 5.41) is 0. The van der Waals surface area contributed by atoms with Crippen LogP contribution in [0.5, 0.6) is 0 Å². The van der Waals surface area contributed by atoms with Crippen molar-refractivity contribution in [2.75, 3.05) is 20.3 Å². The number of methoxy groups -OCH3 is 1. The van der Waals surface area contributed by atoms with Crippen LogP contribution in [0.2, 0.25) is 0 Å². The summed E-state index contributed by atoms with van der Waals surface area (Å²) in [4.78, 5) is 36.3. The molecule has 1 heterocycles. The second kappa shape index (κ2) is 8.36. The van der Waals surface area contributed by atoms with Gasteiger partial charge in [0, 0.05) is 17.8 Å². The molecular weight excluding hydrogens is 302 g/mol. The van der Waals surface area contributed by atoms with Gasteiger partial charge in [-0.05, 0) is 27.7 Å². The van der Waals surface area contributed by atoms with Crippen LogP contribution in [0.1, 0.15) is 52.9 Å². The van der Waals surface area contributed by atoms with Gasteiger partial charge >= 0.3 is 17.9 Å². The molecule has 0 saturated carbocycles. The minimum atomic E-state index is -0.598. The molecule has 0 atom stereocenters. The highest BCUT2D eigenvalue weighted by molar-refractivity contribution is 6.00. The third kappa shape index (κ3) is 3.91. The maximum atomic E-state index is 12.3. The zero-order valence-electron chi connectivity index (χ0n) is 14.2. The van der Waals surface area contributed by atoms with Gasteiger partial charge in [-0.2, -0.15) is 0 Å². The van der Waals surface area contributed by atoms with Crippen LogP contribution < -0.4 is 0 Å². The number of hydrogen-bond acceptors (Lipinski definition) is 6. The Kier molecular flexibility index (Phi) is 6.81. The minimum Gasteiger partial charge on any atom is -0.466 e. The molecule has 0 aliphatic heterocycles. The van der Waals surface area contributed by atoms with E-state index in [2.05, 4.69) is 0 Å². The van der Waals surface area contributed by atoms with E-state index in [9.17, 15) is 14.4 Å². The van der Waals surface area contributed by atoms with Gasteiger partial charge in [0.2, 0.25) is 0 Å². The van der Waals surface area contributed by atoms with E-state index in [1.165, 1.54) is 7.11 Å². The number of esters is 3. The Morgan fingerprint density at radius 2 is 1.61 bits per heavy atom. The Labute approximate surface area is 135 Å². The Hall–Kier alpha value is -2.31. The molecule has 0 saturated heterocycles. The molecule has 0 aromatic carbocycles. The van der Waals surface area contributed by atoms with E-state index < -0.39 is 17.9 Å². The minimum absolute atomic E-state index is 0.194. The smallest absolute Gasteiger partial charge is 0.355 e. The fraction of sp³-hybridized carbons (Fsp3) is 0.562. The van der Waals surface area contributed by atoms with Crippen molar-refractivity contribution >= 4 is 17.9 Å². The van der Waals surface area contributed by atoms with Gasteiger partial charge < -0.3 is 18.8 Å². The molecule has 0 aliphatic carbocycles. The number of carbonyl (C=O) groups is 3. The molecule has 1 aromatic rings. The molecule has 0 amide bonds. The third-order valence-electron chi connectivity index (χ3n) is 3.43. The van der Waals surface area contributed by atoms with Crippen LogP contribution in [-0.4, -0.2) is 42.8 Å². The summed E-state index contributed by atoms with van der Waals surface area (Å²) in [6.07, 6.45) is -0.194. The first-order chi connectivity index (χ1) is 10.9. The Morgan fingerprint density at radius 1 is 1.00 bits per heavy atom. The van der Waals surface area contributed by atoms with Crippen molar-refractivity contribution in [1.29, 1.82) is 0 Å². The first-order valence-electron chi connectivity index (χ1n) is 7.55. The topological polar surface area (TPSA) is 83.8 Å². The first-order valence-corrected chi connectivity index (χ1v) is 7.55. The average molecular weight is 325 g/mol. The highest BCUT2D eigenvalue weighted by atomic mass is 16.5. The normalized spacial score (nSPS) is 10.3. The van der Waals surface area contributed by atoms with Crippen LogP contribution in [-0.2, 0) is 32.0 Å². The summed E-state index contributed by atoms with van der Waals surface area (Å²) < 4.78 is 16.5. The SMILES string of the molecule is CCOC(=O)Cc1c(C(=O)OC)c(C)n(CC)c1C(=O)OCC. The fourth-order valence-corrected chi connectivity index (χ4v) is 2.53. The van der Waals surface area contributed by atoms with Crippen molar-refractivity contribution in [1.82, 2.24) is 4.57 Å². The average Bonchev–Trinajstić information content (AvgIpc) is 2.78. The maximum Gasteiger partial charge on any atom is 0.355 e. The van der Waals surface area contributed by atoms with Crippen LogP contribution >= 0.6 is 0 Å². The number of rotatable bonds is 7. The van der Waals surface area contributed by atoms with Gasteiger partial charge in [-0.3, -0.25) is 4.79 Å². The Bertz CT molecular complexity index is 602. The fourth-order valence-electron chi connectivity index (χ4n) is 2.53. The molecule has 128 valence electrons. The van der Waals surface area contributed by atoms with Crippen molar-refractivity contribution in [2.45, 2.75) is 40.7 Å². The van der Waals surface area contributed by atoms with Gasteiger partial charge in [-0.15, -0.1) is 0 Å². The molecule has 0 unspecified atom stereocenters. The molecule has 1 rings (SSSR count). The number of carbonyl (C=O) groups excluding carboxylic acids is 3. The lowest BCUT2D eigenvalue weighted by Crippen LogP contribution is -2.17. The van der Waals surface area contributed by atoms with Gasteiger partial charge in [-0.25, -0.2) is 9.59 Å². The summed E-state index contributed by atoms with van der Waals surface area (Å²) in [7, 11) is 1.25. The van der Waals surface area contributed by atoms with Gasteiger partial charge in [0.05, 0.1) is 32.3 Å². The van der Waals surface area contributed by atoms with Crippen molar-refractivity contribution in [2.24, 2.45) is 0 Å². The third-order valence-corrected chi connectivity index (χ3v) is 3.43. The lowest BCUT2D eigenvalue weighted by atomic mass is 10.1. The quantitative estimate of drug-likeness (QED) is 0.562. The van der Waals surface area contributed by atoms with E-state index in [0.29, 0.717) is 12.2 Å².